The zero-order valence-electron chi connectivity index (χ0n) is 13.2. The number of ether oxygens (including phenoxy) is 3. The van der Waals surface area contributed by atoms with Crippen molar-refractivity contribution in [3.05, 3.63) is 54.4 Å². The van der Waals surface area contributed by atoms with Crippen LogP contribution in [-0.2, 0) is 9.59 Å². The summed E-state index contributed by atoms with van der Waals surface area (Å²) in [5.41, 5.74) is 0.928. The Labute approximate surface area is 138 Å². The van der Waals surface area contributed by atoms with Gasteiger partial charge < -0.3 is 14.2 Å². The van der Waals surface area contributed by atoms with Gasteiger partial charge in [0.25, 0.3) is 6.47 Å². The second-order valence-electron chi connectivity index (χ2n) is 4.89. The van der Waals surface area contributed by atoms with Gasteiger partial charge in [0.15, 0.2) is 0 Å². The predicted molar refractivity (Wildman–Crippen MR) is 85.5 cm³/mol. The van der Waals surface area contributed by atoms with E-state index in [0.29, 0.717) is 17.8 Å². The van der Waals surface area contributed by atoms with E-state index in [0.717, 1.165) is 6.07 Å². The van der Waals surface area contributed by atoms with Crippen molar-refractivity contribution in [3.8, 4) is 28.4 Å². The van der Waals surface area contributed by atoms with Crippen molar-refractivity contribution >= 4 is 12.4 Å². The Morgan fingerprint density at radius 1 is 1.12 bits per heavy atom. The van der Waals surface area contributed by atoms with Crippen LogP contribution in [0.25, 0.3) is 11.1 Å². The quantitative estimate of drug-likeness (QED) is 0.351. The van der Waals surface area contributed by atoms with Crippen molar-refractivity contribution in [1.82, 2.24) is 0 Å². The molecule has 0 bridgehead atoms. The fraction of sp³-hybridized carbons (Fsp3) is 0.111. The van der Waals surface area contributed by atoms with Gasteiger partial charge in [0, 0.05) is 28.8 Å². The molecule has 2 aromatic rings. The molecular weight excluding hydrogens is 315 g/mol. The number of carbonyl (C=O) groups is 2. The number of rotatable bonds is 6. The highest BCUT2D eigenvalue weighted by atomic mass is 19.1. The van der Waals surface area contributed by atoms with Gasteiger partial charge in [-0.2, -0.15) is 0 Å². The van der Waals surface area contributed by atoms with E-state index in [9.17, 15) is 14.0 Å². The number of halogens is 1. The molecule has 0 unspecified atom stereocenters. The lowest BCUT2D eigenvalue weighted by Crippen LogP contribution is -2.08. The maximum absolute atomic E-state index is 14.4. The van der Waals surface area contributed by atoms with Gasteiger partial charge in [0.05, 0.1) is 7.11 Å². The summed E-state index contributed by atoms with van der Waals surface area (Å²) in [6.07, 6.45) is 0. The number of carbonyl (C=O) groups excluding carboxylic acids is 2. The maximum atomic E-state index is 14.4. The zero-order chi connectivity index (χ0) is 17.7. The molecule has 0 spiro atoms. The number of methoxy groups -OCH3 is 1. The van der Waals surface area contributed by atoms with Gasteiger partial charge in [-0.1, -0.05) is 6.58 Å². The summed E-state index contributed by atoms with van der Waals surface area (Å²) in [6, 6.07) is 8.59. The molecular formula is C18H15FO5. The minimum atomic E-state index is -0.630. The lowest BCUT2D eigenvalue weighted by Gasteiger charge is -2.12. The van der Waals surface area contributed by atoms with Crippen molar-refractivity contribution < 1.29 is 28.2 Å². The molecule has 0 aliphatic rings. The summed E-state index contributed by atoms with van der Waals surface area (Å²) in [7, 11) is 1.42. The average molecular weight is 330 g/mol. The fourth-order valence-electron chi connectivity index (χ4n) is 1.99. The van der Waals surface area contributed by atoms with E-state index < -0.39 is 11.8 Å². The molecule has 5 nitrogen and oxygen atoms in total. The highest BCUT2D eigenvalue weighted by molar-refractivity contribution is 5.88. The van der Waals surface area contributed by atoms with Gasteiger partial charge in [0.2, 0.25) is 0 Å². The standard InChI is InChI=1S/C18H15FO5/c1-11(2)18(21)24-13-5-6-14(16(19)8-13)15-7-4-12(23-10-20)9-17(15)22-3/h4-10H,1H2,2-3H3. The molecule has 2 rings (SSSR count). The van der Waals surface area contributed by atoms with Gasteiger partial charge in [-0.25, -0.2) is 9.18 Å². The van der Waals surface area contributed by atoms with E-state index in [1.165, 1.54) is 38.3 Å². The SMILES string of the molecule is C=C(C)C(=O)Oc1ccc(-c2ccc(OC=O)cc2OC)c(F)c1. The molecule has 0 heterocycles. The molecule has 0 aliphatic heterocycles. The number of esters is 1. The Balaban J connectivity index is 2.37. The molecule has 0 N–H and O–H groups in total. The number of benzene rings is 2. The Bertz CT molecular complexity index is 798. The fourth-order valence-corrected chi connectivity index (χ4v) is 1.99. The van der Waals surface area contributed by atoms with Crippen LogP contribution in [-0.4, -0.2) is 19.6 Å². The van der Waals surface area contributed by atoms with E-state index in [1.54, 1.807) is 6.07 Å². The van der Waals surface area contributed by atoms with E-state index >= 15 is 0 Å². The van der Waals surface area contributed by atoms with Gasteiger partial charge >= 0.3 is 5.97 Å². The van der Waals surface area contributed by atoms with Gasteiger partial charge in [0.1, 0.15) is 23.1 Å². The molecule has 0 saturated carbocycles. The normalized spacial score (nSPS) is 9.96. The summed E-state index contributed by atoms with van der Waals surface area (Å²) in [5, 5.41) is 0. The van der Waals surface area contributed by atoms with Crippen molar-refractivity contribution in [2.24, 2.45) is 0 Å². The number of hydrogen-bond acceptors (Lipinski definition) is 5. The summed E-state index contributed by atoms with van der Waals surface area (Å²) in [4.78, 5) is 21.9. The van der Waals surface area contributed by atoms with Crippen molar-refractivity contribution in [1.29, 1.82) is 0 Å². The first-order valence-electron chi connectivity index (χ1n) is 6.92. The summed E-state index contributed by atoms with van der Waals surface area (Å²) >= 11 is 0. The van der Waals surface area contributed by atoms with Crippen LogP contribution >= 0.6 is 0 Å². The molecule has 0 fully saturated rings. The third-order valence-corrected chi connectivity index (χ3v) is 3.15. The van der Waals surface area contributed by atoms with Crippen molar-refractivity contribution in [2.45, 2.75) is 6.92 Å². The molecule has 0 radical (unpaired) electrons. The molecule has 0 atom stereocenters. The molecule has 0 aromatic heterocycles. The maximum Gasteiger partial charge on any atom is 0.338 e. The van der Waals surface area contributed by atoms with Crippen LogP contribution in [0.15, 0.2) is 48.6 Å². The monoisotopic (exact) mass is 330 g/mol. The van der Waals surface area contributed by atoms with Crippen LogP contribution in [0.3, 0.4) is 0 Å². The second kappa shape index (κ2) is 7.41. The Morgan fingerprint density at radius 3 is 2.38 bits per heavy atom. The minimum Gasteiger partial charge on any atom is -0.496 e. The summed E-state index contributed by atoms with van der Waals surface area (Å²) in [6.45, 7) is 5.26. The first-order valence-corrected chi connectivity index (χ1v) is 6.92. The van der Waals surface area contributed by atoms with Crippen LogP contribution in [0.4, 0.5) is 4.39 Å². The van der Waals surface area contributed by atoms with Crippen LogP contribution in [0.2, 0.25) is 0 Å². The largest absolute Gasteiger partial charge is 0.496 e. The van der Waals surface area contributed by atoms with Crippen LogP contribution < -0.4 is 14.2 Å². The Kier molecular flexibility index (Phi) is 5.31. The van der Waals surface area contributed by atoms with E-state index in [2.05, 4.69) is 6.58 Å². The lowest BCUT2D eigenvalue weighted by atomic mass is 10.0. The van der Waals surface area contributed by atoms with Gasteiger partial charge in [-0.15, -0.1) is 0 Å². The van der Waals surface area contributed by atoms with Crippen molar-refractivity contribution in [2.75, 3.05) is 7.11 Å². The summed E-state index contributed by atoms with van der Waals surface area (Å²) in [5.74, 6) is -0.540. The molecule has 24 heavy (non-hydrogen) atoms. The summed E-state index contributed by atoms with van der Waals surface area (Å²) < 4.78 is 29.3. The van der Waals surface area contributed by atoms with Crippen molar-refractivity contribution in [3.63, 3.8) is 0 Å². The van der Waals surface area contributed by atoms with Crippen LogP contribution in [0.1, 0.15) is 6.92 Å². The topological polar surface area (TPSA) is 61.8 Å². The van der Waals surface area contributed by atoms with Crippen LogP contribution in [0.5, 0.6) is 17.2 Å². The third-order valence-electron chi connectivity index (χ3n) is 3.15. The Hall–Kier alpha value is -3.15. The second-order valence-corrected chi connectivity index (χ2v) is 4.89. The van der Waals surface area contributed by atoms with Crippen LogP contribution in [0, 0.1) is 5.82 Å². The first-order chi connectivity index (χ1) is 11.5. The lowest BCUT2D eigenvalue weighted by molar-refractivity contribution is -0.130. The molecule has 6 heteroatoms. The van der Waals surface area contributed by atoms with E-state index in [1.807, 2.05) is 0 Å². The molecule has 124 valence electrons. The van der Waals surface area contributed by atoms with Gasteiger partial charge in [-0.3, -0.25) is 4.79 Å². The van der Waals surface area contributed by atoms with E-state index in [-0.39, 0.29) is 22.6 Å². The average Bonchev–Trinajstić information content (AvgIpc) is 2.55. The minimum absolute atomic E-state index is 0.0733. The Morgan fingerprint density at radius 2 is 1.79 bits per heavy atom. The molecule has 0 amide bonds. The smallest absolute Gasteiger partial charge is 0.338 e. The highest BCUT2D eigenvalue weighted by Crippen LogP contribution is 2.35. The highest BCUT2D eigenvalue weighted by Gasteiger charge is 2.14. The van der Waals surface area contributed by atoms with E-state index in [4.69, 9.17) is 14.2 Å². The predicted octanol–water partition coefficient (Wildman–Crippen LogP) is 3.52. The first kappa shape index (κ1) is 17.2. The third kappa shape index (κ3) is 3.78. The zero-order valence-corrected chi connectivity index (χ0v) is 13.2. The number of hydrogen-bond donors (Lipinski definition) is 0. The van der Waals surface area contributed by atoms with Gasteiger partial charge in [-0.05, 0) is 31.2 Å². The molecule has 0 saturated heterocycles. The molecule has 2 aromatic carbocycles. The molecule has 0 aliphatic carbocycles.